The van der Waals surface area contributed by atoms with E-state index in [0.29, 0.717) is 22.7 Å². The summed E-state index contributed by atoms with van der Waals surface area (Å²) in [5.41, 5.74) is 20.2. The molecule has 0 amide bonds. The van der Waals surface area contributed by atoms with Crippen LogP contribution >= 0.6 is 0 Å². The third-order valence-corrected chi connectivity index (χ3v) is 17.3. The van der Waals surface area contributed by atoms with Crippen molar-refractivity contribution in [2.24, 2.45) is 0 Å². The summed E-state index contributed by atoms with van der Waals surface area (Å²) >= 11 is 0. The van der Waals surface area contributed by atoms with Gasteiger partial charge >= 0.3 is 0 Å². The van der Waals surface area contributed by atoms with E-state index >= 15 is 17.6 Å². The van der Waals surface area contributed by atoms with Gasteiger partial charge < -0.3 is 9.80 Å². The minimum atomic E-state index is -1.02. The molecule has 2 atom stereocenters. The fraction of sp³-hybridized carbons (Fsp3) is 0.105. The highest BCUT2D eigenvalue weighted by molar-refractivity contribution is 5.94. The zero-order valence-corrected chi connectivity index (χ0v) is 46.2. The summed E-state index contributed by atoms with van der Waals surface area (Å²) in [7, 11) is 0. The fourth-order valence-electron chi connectivity index (χ4n) is 13.6. The van der Waals surface area contributed by atoms with Gasteiger partial charge in [0, 0.05) is 22.7 Å². The SMILES string of the molecule is C=Cc1ccc(C2(c3cc(C)ccc3C)C3=C(C=CCC3)c3ccc(N(c4ccc(N(c5ccc6c(c5)C(c5ccc(C=C)cc5)(c5cc(C)ccc5C)c5ccccc5-6)c5cccc(F)c5F)cc4)c4cccc(F)c4F)cc32)cc1. The van der Waals surface area contributed by atoms with E-state index in [4.69, 9.17) is 0 Å². The van der Waals surface area contributed by atoms with Crippen LogP contribution in [0.5, 0.6) is 0 Å². The molecule has 10 aromatic rings. The minimum absolute atomic E-state index is 0.00282. The Morgan fingerprint density at radius 2 is 0.878 bits per heavy atom. The number of allylic oxidation sites excluding steroid dienone is 4. The number of rotatable bonds is 12. The Hall–Kier alpha value is -9.52. The first-order chi connectivity index (χ1) is 39.9. The molecule has 0 aromatic heterocycles. The van der Waals surface area contributed by atoms with E-state index in [1.807, 2.05) is 48.6 Å². The highest BCUT2D eigenvalue weighted by Crippen LogP contribution is 2.61. The standard InChI is InChI=1S/C76H58F4N2/c1-7-51-27-31-53(32-28-51)75(65-43-47(3)23-25-49(65)5)63-17-11-9-15-59(63)61-41-39-57(45-67(61)75)81(71-21-13-19-69(77)73(71)79)55-35-37-56(38-36-55)82(72-22-14-20-70(78)74(72)80)58-40-42-62-60-16-10-12-18-64(60)76(68(62)46-58,54-33-29-52(8-2)30-34-54)66-44-48(4)24-26-50(66)6/h7-11,13-17,19-46H,1-2,12,18H2,3-6H3. The van der Waals surface area contributed by atoms with Gasteiger partial charge in [0.15, 0.2) is 23.3 Å². The molecule has 2 nitrogen and oxygen atoms in total. The van der Waals surface area contributed by atoms with Crippen LogP contribution in [0.2, 0.25) is 0 Å². The zero-order chi connectivity index (χ0) is 56.6. The Morgan fingerprint density at radius 1 is 0.415 bits per heavy atom. The van der Waals surface area contributed by atoms with Crippen LogP contribution in [0.15, 0.2) is 237 Å². The molecule has 0 radical (unpaired) electrons. The quantitative estimate of drug-likeness (QED) is 0.113. The third-order valence-electron chi connectivity index (χ3n) is 17.3. The molecule has 0 spiro atoms. The molecule has 3 aliphatic rings. The van der Waals surface area contributed by atoms with Crippen LogP contribution in [0, 0.1) is 51.0 Å². The molecule has 3 aliphatic carbocycles. The van der Waals surface area contributed by atoms with Gasteiger partial charge in [-0.25, -0.2) is 17.6 Å². The minimum Gasteiger partial charge on any atom is -0.308 e. The van der Waals surface area contributed by atoms with Crippen LogP contribution < -0.4 is 9.80 Å². The summed E-state index contributed by atoms with van der Waals surface area (Å²) in [6.45, 7) is 16.6. The second kappa shape index (κ2) is 20.2. The molecule has 0 N–H and O–H groups in total. The largest absolute Gasteiger partial charge is 0.308 e. The topological polar surface area (TPSA) is 6.48 Å². The van der Waals surface area contributed by atoms with Crippen molar-refractivity contribution in [1.29, 1.82) is 0 Å². The van der Waals surface area contributed by atoms with E-state index in [9.17, 15) is 0 Å². The lowest BCUT2D eigenvalue weighted by Gasteiger charge is -2.38. The van der Waals surface area contributed by atoms with E-state index in [2.05, 4.69) is 186 Å². The van der Waals surface area contributed by atoms with Gasteiger partial charge in [-0.15, -0.1) is 0 Å². The maximum atomic E-state index is 16.8. The van der Waals surface area contributed by atoms with Gasteiger partial charge in [0.1, 0.15) is 0 Å². The first kappa shape index (κ1) is 51.9. The molecule has 0 heterocycles. The zero-order valence-electron chi connectivity index (χ0n) is 46.2. The smallest absolute Gasteiger partial charge is 0.182 e. The van der Waals surface area contributed by atoms with Crippen molar-refractivity contribution >= 4 is 51.8 Å². The Labute approximate surface area is 477 Å². The predicted octanol–water partition coefficient (Wildman–Crippen LogP) is 20.5. The first-order valence-corrected chi connectivity index (χ1v) is 27.9. The van der Waals surface area contributed by atoms with Gasteiger partial charge in [0.25, 0.3) is 0 Å². The maximum Gasteiger partial charge on any atom is 0.182 e. The molecule has 6 heteroatoms. The number of anilines is 6. The maximum absolute atomic E-state index is 16.8. The molecular weight excluding hydrogens is 1020 g/mol. The van der Waals surface area contributed by atoms with Crippen molar-refractivity contribution in [2.45, 2.75) is 51.4 Å². The van der Waals surface area contributed by atoms with E-state index < -0.39 is 34.1 Å². The summed E-state index contributed by atoms with van der Waals surface area (Å²) in [4.78, 5) is 3.49. The lowest BCUT2D eigenvalue weighted by Crippen LogP contribution is -2.31. The lowest BCUT2D eigenvalue weighted by atomic mass is 9.64. The van der Waals surface area contributed by atoms with Gasteiger partial charge in [-0.3, -0.25) is 0 Å². The number of nitrogens with zero attached hydrogens (tertiary/aromatic N) is 2. The Kier molecular flexibility index (Phi) is 12.8. The van der Waals surface area contributed by atoms with Gasteiger partial charge in [0.2, 0.25) is 0 Å². The van der Waals surface area contributed by atoms with Crippen LogP contribution in [0.4, 0.5) is 51.7 Å². The Morgan fingerprint density at radius 3 is 1.41 bits per heavy atom. The lowest BCUT2D eigenvalue weighted by molar-refractivity contribution is 0.510. The number of benzene rings is 10. The molecule has 0 saturated carbocycles. The number of aryl methyl sites for hydroxylation is 4. The highest BCUT2D eigenvalue weighted by atomic mass is 19.2. The average Bonchev–Trinajstić information content (AvgIpc) is 4.19. The number of hydrogen-bond acceptors (Lipinski definition) is 2. The fourth-order valence-corrected chi connectivity index (χ4v) is 13.6. The van der Waals surface area contributed by atoms with Crippen LogP contribution in [-0.4, -0.2) is 0 Å². The number of fused-ring (bicyclic) bond motifs is 5. The van der Waals surface area contributed by atoms with Gasteiger partial charge in [-0.1, -0.05) is 182 Å². The monoisotopic (exact) mass is 1070 g/mol. The van der Waals surface area contributed by atoms with Crippen LogP contribution in [-0.2, 0) is 10.8 Å². The highest BCUT2D eigenvalue weighted by Gasteiger charge is 2.50. The summed E-state index contributed by atoms with van der Waals surface area (Å²) in [6.07, 6.45) is 9.85. The van der Waals surface area contributed by atoms with Gasteiger partial charge in [-0.2, -0.15) is 0 Å². The van der Waals surface area contributed by atoms with Gasteiger partial charge in [0.05, 0.1) is 22.2 Å². The van der Waals surface area contributed by atoms with Crippen molar-refractivity contribution in [3.63, 3.8) is 0 Å². The molecule has 0 saturated heterocycles. The predicted molar refractivity (Wildman–Crippen MR) is 330 cm³/mol. The van der Waals surface area contributed by atoms with E-state index in [-0.39, 0.29) is 11.4 Å². The molecule has 10 aromatic carbocycles. The van der Waals surface area contributed by atoms with E-state index in [0.717, 1.165) is 120 Å². The summed E-state index contributed by atoms with van der Waals surface area (Å²) < 4.78 is 65.1. The first-order valence-electron chi connectivity index (χ1n) is 27.9. The molecular formula is C76H58F4N2. The molecule has 400 valence electrons. The van der Waals surface area contributed by atoms with Crippen molar-refractivity contribution < 1.29 is 17.6 Å². The molecule has 0 bridgehead atoms. The molecule has 13 rings (SSSR count). The average molecular weight is 1080 g/mol. The van der Waals surface area contributed by atoms with Crippen molar-refractivity contribution in [1.82, 2.24) is 0 Å². The van der Waals surface area contributed by atoms with Crippen molar-refractivity contribution in [3.8, 4) is 11.1 Å². The van der Waals surface area contributed by atoms with Gasteiger partial charge in [-0.05, 0) is 202 Å². The van der Waals surface area contributed by atoms with Crippen LogP contribution in [0.25, 0.3) is 28.9 Å². The van der Waals surface area contributed by atoms with Crippen molar-refractivity contribution in [3.05, 3.63) is 338 Å². The van der Waals surface area contributed by atoms with Crippen molar-refractivity contribution in [2.75, 3.05) is 9.80 Å². The third kappa shape index (κ3) is 7.98. The summed E-state index contributed by atoms with van der Waals surface area (Å²) in [6, 6.07) is 66.9. The number of hydrogen-bond donors (Lipinski definition) is 0. The molecule has 0 aliphatic heterocycles. The Bertz CT molecular complexity index is 4300. The van der Waals surface area contributed by atoms with E-state index in [1.54, 1.807) is 21.9 Å². The second-order valence-corrected chi connectivity index (χ2v) is 22.0. The normalized spacial score (nSPS) is 16.5. The molecule has 2 unspecified atom stereocenters. The van der Waals surface area contributed by atoms with E-state index in [1.165, 1.54) is 17.7 Å². The second-order valence-electron chi connectivity index (χ2n) is 22.0. The summed E-state index contributed by atoms with van der Waals surface area (Å²) in [5, 5.41) is 0. The van der Waals surface area contributed by atoms with Crippen LogP contribution in [0.1, 0.15) is 90.7 Å². The summed E-state index contributed by atoms with van der Waals surface area (Å²) in [5.74, 6) is -4.02. The molecule has 0 fully saturated rings. The van der Waals surface area contributed by atoms with Crippen LogP contribution in [0.3, 0.4) is 0 Å². The molecule has 82 heavy (non-hydrogen) atoms. The Balaban J connectivity index is 1.01. The number of halogens is 4.